The fraction of sp³-hybridized carbons (Fsp3) is 0. The molecule has 0 aliphatic rings. The van der Waals surface area contributed by atoms with E-state index in [9.17, 15) is 9.59 Å². The van der Waals surface area contributed by atoms with Gasteiger partial charge in [0.15, 0.2) is 6.29 Å². The lowest BCUT2D eigenvalue weighted by atomic mass is 10.2. The topological polar surface area (TPSA) is 65.6 Å². The van der Waals surface area contributed by atoms with Crippen molar-refractivity contribution in [3.63, 3.8) is 0 Å². The number of hydrogen-bond donors (Lipinski definition) is 0. The Bertz CT molecular complexity index is 440. The minimum Gasteiger partial charge on any atom is -0.412 e. The van der Waals surface area contributed by atoms with Crippen molar-refractivity contribution in [2.75, 3.05) is 0 Å². The fourth-order valence-corrected chi connectivity index (χ4v) is 2.12. The molecule has 3 nitrogen and oxygen atoms in total. The van der Waals surface area contributed by atoms with Crippen LogP contribution in [-0.4, -0.2) is 17.5 Å². The van der Waals surface area contributed by atoms with Gasteiger partial charge in [-0.1, -0.05) is 18.2 Å². The largest absolute Gasteiger partial charge is 0.412 e. The highest BCUT2D eigenvalue weighted by atomic mass is 32.1. The Morgan fingerprint density at radius 1 is 1.29 bits per heavy atom. The number of ketones is 1. The second-order valence-corrected chi connectivity index (χ2v) is 3.71. The maximum atomic E-state index is 11.0. The van der Waals surface area contributed by atoms with Crippen molar-refractivity contribution in [3.8, 4) is 0 Å². The standard InChI is InChI=1S/C10H6O2S.H2O/c11-6-8(12)10-5-7-3-1-2-4-9(7)13-10;/h1-6H;1H2. The smallest absolute Gasteiger partial charge is 0.235 e. The Hall–Kier alpha value is -1.52. The van der Waals surface area contributed by atoms with Crippen LogP contribution in [0.2, 0.25) is 0 Å². The van der Waals surface area contributed by atoms with Crippen LogP contribution in [0.15, 0.2) is 30.3 Å². The Labute approximate surface area is 84.3 Å². The highest BCUT2D eigenvalue weighted by molar-refractivity contribution is 7.21. The lowest BCUT2D eigenvalue weighted by molar-refractivity contribution is -0.104. The van der Waals surface area contributed by atoms with Crippen molar-refractivity contribution in [2.45, 2.75) is 0 Å². The molecule has 0 amide bonds. The van der Waals surface area contributed by atoms with Gasteiger partial charge in [-0.3, -0.25) is 9.59 Å². The van der Waals surface area contributed by atoms with Crippen molar-refractivity contribution >= 4 is 33.5 Å². The molecule has 2 rings (SSSR count). The highest BCUT2D eigenvalue weighted by Gasteiger charge is 2.07. The lowest BCUT2D eigenvalue weighted by Crippen LogP contribution is -1.94. The van der Waals surface area contributed by atoms with Crippen LogP contribution in [0.25, 0.3) is 10.1 Å². The monoisotopic (exact) mass is 208 g/mol. The summed E-state index contributed by atoms with van der Waals surface area (Å²) in [5.41, 5.74) is 0. The molecule has 2 aromatic rings. The van der Waals surface area contributed by atoms with Crippen molar-refractivity contribution in [1.29, 1.82) is 0 Å². The molecule has 0 fully saturated rings. The average Bonchev–Trinajstić information content (AvgIpc) is 2.59. The molecule has 1 aromatic heterocycles. The molecular weight excluding hydrogens is 200 g/mol. The number of thiophene rings is 1. The fourth-order valence-electron chi connectivity index (χ4n) is 1.16. The summed E-state index contributed by atoms with van der Waals surface area (Å²) in [5.74, 6) is -0.443. The minimum absolute atomic E-state index is 0. The van der Waals surface area contributed by atoms with E-state index in [4.69, 9.17) is 0 Å². The Balaban J connectivity index is 0.000000980. The van der Waals surface area contributed by atoms with E-state index in [2.05, 4.69) is 0 Å². The molecule has 4 heteroatoms. The molecule has 72 valence electrons. The quantitative estimate of drug-likeness (QED) is 0.426. The van der Waals surface area contributed by atoms with E-state index in [1.807, 2.05) is 24.3 Å². The van der Waals surface area contributed by atoms with Crippen LogP contribution in [0.1, 0.15) is 9.67 Å². The second kappa shape index (κ2) is 4.13. The number of aldehydes is 1. The predicted molar refractivity (Wildman–Crippen MR) is 55.8 cm³/mol. The first-order valence-electron chi connectivity index (χ1n) is 3.79. The van der Waals surface area contributed by atoms with Gasteiger partial charge in [-0.2, -0.15) is 0 Å². The van der Waals surface area contributed by atoms with Crippen LogP contribution < -0.4 is 0 Å². The number of hydrogen-bond acceptors (Lipinski definition) is 3. The van der Waals surface area contributed by atoms with E-state index in [1.165, 1.54) is 11.3 Å². The lowest BCUT2D eigenvalue weighted by Gasteiger charge is -1.82. The van der Waals surface area contributed by atoms with Crippen LogP contribution in [0.4, 0.5) is 0 Å². The molecule has 0 atom stereocenters. The number of Topliss-reactive ketones (excluding diaryl/α,β-unsaturated/α-hetero) is 1. The molecule has 14 heavy (non-hydrogen) atoms. The molecule has 0 saturated carbocycles. The van der Waals surface area contributed by atoms with E-state index in [0.29, 0.717) is 11.2 Å². The van der Waals surface area contributed by atoms with Gasteiger partial charge in [-0.15, -0.1) is 11.3 Å². The Morgan fingerprint density at radius 2 is 2.00 bits per heavy atom. The van der Waals surface area contributed by atoms with E-state index < -0.39 is 5.78 Å². The van der Waals surface area contributed by atoms with Gasteiger partial charge in [0.1, 0.15) is 0 Å². The van der Waals surface area contributed by atoms with Gasteiger partial charge in [0.2, 0.25) is 5.78 Å². The van der Waals surface area contributed by atoms with Gasteiger partial charge >= 0.3 is 0 Å². The molecule has 0 aliphatic heterocycles. The summed E-state index contributed by atoms with van der Waals surface area (Å²) in [7, 11) is 0. The summed E-state index contributed by atoms with van der Waals surface area (Å²) in [6, 6.07) is 9.42. The zero-order valence-electron chi connectivity index (χ0n) is 7.19. The third kappa shape index (κ3) is 1.71. The van der Waals surface area contributed by atoms with Gasteiger partial charge < -0.3 is 5.48 Å². The zero-order chi connectivity index (χ0) is 9.26. The molecule has 1 aromatic carbocycles. The van der Waals surface area contributed by atoms with Crippen molar-refractivity contribution in [3.05, 3.63) is 35.2 Å². The predicted octanol–water partition coefficient (Wildman–Crippen LogP) is 1.46. The highest BCUT2D eigenvalue weighted by Crippen LogP contribution is 2.24. The van der Waals surface area contributed by atoms with E-state index in [1.54, 1.807) is 6.07 Å². The first kappa shape index (κ1) is 10.6. The summed E-state index contributed by atoms with van der Waals surface area (Å²) in [6.07, 6.45) is 0.352. The average molecular weight is 208 g/mol. The third-order valence-corrected chi connectivity index (χ3v) is 2.91. The van der Waals surface area contributed by atoms with Crippen LogP contribution in [0.3, 0.4) is 0 Å². The molecule has 0 unspecified atom stereocenters. The summed E-state index contributed by atoms with van der Waals surface area (Å²) < 4.78 is 1.03. The minimum atomic E-state index is -0.443. The van der Waals surface area contributed by atoms with E-state index in [0.717, 1.165) is 10.1 Å². The summed E-state index contributed by atoms with van der Waals surface area (Å²) in [5, 5.41) is 1.01. The number of rotatable bonds is 2. The number of carbonyl (C=O) groups excluding carboxylic acids is 2. The summed E-state index contributed by atoms with van der Waals surface area (Å²) >= 11 is 1.35. The second-order valence-electron chi connectivity index (χ2n) is 2.63. The molecule has 0 radical (unpaired) electrons. The third-order valence-electron chi connectivity index (χ3n) is 1.78. The Kier molecular flexibility index (Phi) is 3.11. The molecule has 0 saturated heterocycles. The van der Waals surface area contributed by atoms with Crippen LogP contribution in [0, 0.1) is 0 Å². The first-order valence-corrected chi connectivity index (χ1v) is 4.61. The van der Waals surface area contributed by atoms with Crippen LogP contribution in [-0.2, 0) is 4.79 Å². The van der Waals surface area contributed by atoms with Crippen molar-refractivity contribution in [2.24, 2.45) is 0 Å². The van der Waals surface area contributed by atoms with Gasteiger partial charge in [-0.25, -0.2) is 0 Å². The molecule has 0 bridgehead atoms. The molecule has 0 spiro atoms. The zero-order valence-corrected chi connectivity index (χ0v) is 8.01. The maximum Gasteiger partial charge on any atom is 0.235 e. The van der Waals surface area contributed by atoms with Gasteiger partial charge in [0.05, 0.1) is 4.88 Å². The van der Waals surface area contributed by atoms with Crippen molar-refractivity contribution < 1.29 is 15.1 Å². The molecule has 1 heterocycles. The maximum absolute atomic E-state index is 11.0. The van der Waals surface area contributed by atoms with Gasteiger partial charge in [0.25, 0.3) is 0 Å². The SMILES string of the molecule is O.O=CC(=O)c1cc2ccccc2s1. The van der Waals surface area contributed by atoms with E-state index in [-0.39, 0.29) is 5.48 Å². The number of benzene rings is 1. The number of fused-ring (bicyclic) bond motifs is 1. The Morgan fingerprint density at radius 3 is 2.64 bits per heavy atom. The summed E-state index contributed by atoms with van der Waals surface area (Å²) in [6.45, 7) is 0. The molecule has 0 aliphatic carbocycles. The van der Waals surface area contributed by atoms with Crippen molar-refractivity contribution in [1.82, 2.24) is 0 Å². The van der Waals surface area contributed by atoms with Gasteiger partial charge in [-0.05, 0) is 17.5 Å². The van der Waals surface area contributed by atoms with Gasteiger partial charge in [0, 0.05) is 4.70 Å². The normalized spacial score (nSPS) is 9.43. The number of carbonyl (C=O) groups is 2. The van der Waals surface area contributed by atoms with Crippen LogP contribution >= 0.6 is 11.3 Å². The first-order chi connectivity index (χ1) is 6.31. The van der Waals surface area contributed by atoms with Crippen LogP contribution in [0.5, 0.6) is 0 Å². The molecule has 2 N–H and O–H groups in total. The van der Waals surface area contributed by atoms with E-state index >= 15 is 0 Å². The summed E-state index contributed by atoms with van der Waals surface area (Å²) in [4.78, 5) is 21.8. The molecular formula is C10H8O3S.